The molecule has 0 amide bonds. The monoisotopic (exact) mass is 482 g/mol. The van der Waals surface area contributed by atoms with Crippen LogP contribution in [0, 0.1) is 6.92 Å². The Labute approximate surface area is 215 Å². The number of fused-ring (bicyclic) bond motifs is 4. The van der Waals surface area contributed by atoms with E-state index in [0.717, 1.165) is 40.5 Å². The molecule has 0 aliphatic carbocycles. The van der Waals surface area contributed by atoms with Gasteiger partial charge >= 0.3 is 0 Å². The van der Waals surface area contributed by atoms with Gasteiger partial charge < -0.3 is 14.5 Å². The van der Waals surface area contributed by atoms with Crippen molar-refractivity contribution in [3.8, 4) is 17.3 Å². The molecule has 0 unspecified atom stereocenters. The van der Waals surface area contributed by atoms with Crippen LogP contribution in [-0.4, -0.2) is 32.9 Å². The van der Waals surface area contributed by atoms with E-state index in [2.05, 4.69) is 112 Å². The molecule has 7 rings (SSSR count). The number of aromatic nitrogens is 2. The van der Waals surface area contributed by atoms with Gasteiger partial charge in [-0.2, -0.15) is 0 Å². The van der Waals surface area contributed by atoms with Crippen molar-refractivity contribution >= 4 is 27.5 Å². The Kier molecular flexibility index (Phi) is 4.89. The number of nitrogens with zero attached hydrogens (tertiary/aromatic N) is 4. The molecule has 2 aliphatic rings. The van der Waals surface area contributed by atoms with Crippen LogP contribution in [0.1, 0.15) is 11.1 Å². The molecule has 2 aromatic heterocycles. The number of pyridine rings is 1. The predicted molar refractivity (Wildman–Crippen MR) is 149 cm³/mol. The summed E-state index contributed by atoms with van der Waals surface area (Å²) in [4.78, 5) is 9.13. The molecule has 0 fully saturated rings. The van der Waals surface area contributed by atoms with Crippen LogP contribution in [0.3, 0.4) is 0 Å². The molecule has 3 aromatic carbocycles. The third-order valence-electron chi connectivity index (χ3n) is 7.05. The molecule has 5 heteroatoms. The second-order valence-corrected chi connectivity index (χ2v) is 9.54. The second-order valence-electron chi connectivity index (χ2n) is 9.54. The largest absolute Gasteiger partial charge is 0.457 e. The van der Waals surface area contributed by atoms with Crippen molar-refractivity contribution < 1.29 is 4.74 Å². The molecule has 0 bridgehead atoms. The molecule has 2 aliphatic heterocycles. The van der Waals surface area contributed by atoms with Crippen molar-refractivity contribution in [2.75, 3.05) is 13.6 Å². The Morgan fingerprint density at radius 3 is 2.65 bits per heavy atom. The first-order valence-corrected chi connectivity index (χ1v) is 12.5. The van der Waals surface area contributed by atoms with Crippen LogP contribution in [-0.2, 0) is 0 Å². The van der Waals surface area contributed by atoms with E-state index < -0.39 is 0 Å². The van der Waals surface area contributed by atoms with E-state index in [1.807, 2.05) is 30.5 Å². The first-order chi connectivity index (χ1) is 18.2. The van der Waals surface area contributed by atoms with E-state index in [1.54, 1.807) is 0 Å². The lowest BCUT2D eigenvalue weighted by Crippen LogP contribution is -2.24. The van der Waals surface area contributed by atoms with Gasteiger partial charge in [0, 0.05) is 48.4 Å². The molecule has 5 aromatic rings. The lowest BCUT2D eigenvalue weighted by Gasteiger charge is -2.26. The minimum atomic E-state index is 0.792. The van der Waals surface area contributed by atoms with E-state index in [9.17, 15) is 0 Å². The van der Waals surface area contributed by atoms with Gasteiger partial charge in [-0.25, -0.2) is 4.98 Å². The van der Waals surface area contributed by atoms with Gasteiger partial charge in [-0.3, -0.25) is 4.57 Å². The fourth-order valence-corrected chi connectivity index (χ4v) is 5.35. The second kappa shape index (κ2) is 8.42. The van der Waals surface area contributed by atoms with Crippen LogP contribution in [0.5, 0.6) is 11.5 Å². The Bertz CT molecular complexity index is 1760. The highest BCUT2D eigenvalue weighted by atomic mass is 16.5. The average molecular weight is 483 g/mol. The van der Waals surface area contributed by atoms with E-state index in [4.69, 9.17) is 4.74 Å². The summed E-state index contributed by atoms with van der Waals surface area (Å²) in [6, 6.07) is 27.2. The summed E-state index contributed by atoms with van der Waals surface area (Å²) in [5.41, 5.74) is 5.74. The minimum Gasteiger partial charge on any atom is -0.457 e. The SMILES string of the molecule is Cc1ccc2c(c1)c1ccc(Oc3cccc(C4=CN(C)C5=CC=CCN45)c3)cc1n2-c1ccccn1. The lowest BCUT2D eigenvalue weighted by molar-refractivity contribution is 0.426. The number of ether oxygens (including phenoxy) is 1. The van der Waals surface area contributed by atoms with Crippen molar-refractivity contribution in [3.05, 3.63) is 126 Å². The smallest absolute Gasteiger partial charge is 0.137 e. The van der Waals surface area contributed by atoms with Gasteiger partial charge in [0.05, 0.1) is 16.7 Å². The summed E-state index contributed by atoms with van der Waals surface area (Å²) in [6.45, 7) is 2.99. The minimum absolute atomic E-state index is 0.792. The highest BCUT2D eigenvalue weighted by Crippen LogP contribution is 2.37. The van der Waals surface area contributed by atoms with Gasteiger partial charge in [0.25, 0.3) is 0 Å². The zero-order valence-corrected chi connectivity index (χ0v) is 20.8. The van der Waals surface area contributed by atoms with Gasteiger partial charge in [0.15, 0.2) is 0 Å². The summed E-state index contributed by atoms with van der Waals surface area (Å²) in [7, 11) is 2.09. The first kappa shape index (κ1) is 21.5. The van der Waals surface area contributed by atoms with Gasteiger partial charge in [-0.1, -0.05) is 42.0 Å². The maximum Gasteiger partial charge on any atom is 0.137 e. The van der Waals surface area contributed by atoms with Crippen molar-refractivity contribution in [1.29, 1.82) is 0 Å². The summed E-state index contributed by atoms with van der Waals surface area (Å²) in [5.74, 6) is 3.68. The summed E-state index contributed by atoms with van der Waals surface area (Å²) in [6.07, 6.45) is 10.4. The number of rotatable bonds is 4. The third-order valence-corrected chi connectivity index (χ3v) is 7.05. The zero-order valence-electron chi connectivity index (χ0n) is 20.8. The standard InChI is InChI=1S/C32H26N4O/c1-22-12-15-28-27(18-22)26-14-13-25(20-29(26)36(28)31-10-3-5-16-33-31)37-24-9-7-8-23(19-24)30-21-34(2)32-11-4-6-17-35(30)32/h3-16,18-21H,17H2,1-2H3. The fraction of sp³-hybridized carbons (Fsp3) is 0.0938. The fourth-order valence-electron chi connectivity index (χ4n) is 5.35. The van der Waals surface area contributed by atoms with Gasteiger partial charge in [0.1, 0.15) is 23.1 Å². The lowest BCUT2D eigenvalue weighted by atomic mass is 10.1. The number of hydrogen-bond acceptors (Lipinski definition) is 4. The van der Waals surface area contributed by atoms with Gasteiger partial charge in [0.2, 0.25) is 0 Å². The zero-order chi connectivity index (χ0) is 24.9. The Hall–Kier alpha value is -4.77. The van der Waals surface area contributed by atoms with Crippen molar-refractivity contribution in [3.63, 3.8) is 0 Å². The average Bonchev–Trinajstić information content (AvgIpc) is 3.43. The molecular formula is C32H26N4O. The quantitative estimate of drug-likeness (QED) is 0.270. The summed E-state index contributed by atoms with van der Waals surface area (Å²) in [5, 5.41) is 2.40. The van der Waals surface area contributed by atoms with E-state index in [0.29, 0.717) is 0 Å². The molecule has 37 heavy (non-hydrogen) atoms. The molecule has 0 radical (unpaired) electrons. The van der Waals surface area contributed by atoms with Crippen LogP contribution >= 0.6 is 0 Å². The molecule has 0 saturated heterocycles. The number of hydrogen-bond donors (Lipinski definition) is 0. The Morgan fingerprint density at radius 2 is 1.76 bits per heavy atom. The summed E-state index contributed by atoms with van der Waals surface area (Å²) >= 11 is 0. The Morgan fingerprint density at radius 1 is 0.838 bits per heavy atom. The number of allylic oxidation sites excluding steroid dienone is 2. The highest BCUT2D eigenvalue weighted by Gasteiger charge is 2.26. The molecule has 0 N–H and O–H groups in total. The maximum absolute atomic E-state index is 6.44. The molecular weight excluding hydrogens is 456 g/mol. The van der Waals surface area contributed by atoms with Crippen LogP contribution < -0.4 is 4.74 Å². The van der Waals surface area contributed by atoms with Crippen LogP contribution in [0.15, 0.2) is 115 Å². The van der Waals surface area contributed by atoms with Crippen LogP contribution in [0.25, 0.3) is 33.3 Å². The van der Waals surface area contributed by atoms with Crippen LogP contribution in [0.4, 0.5) is 0 Å². The van der Waals surface area contributed by atoms with Gasteiger partial charge in [-0.15, -0.1) is 0 Å². The molecule has 0 spiro atoms. The van der Waals surface area contributed by atoms with E-state index >= 15 is 0 Å². The van der Waals surface area contributed by atoms with E-state index in [1.165, 1.54) is 27.9 Å². The molecule has 180 valence electrons. The highest BCUT2D eigenvalue weighted by molar-refractivity contribution is 6.09. The Balaban J connectivity index is 1.29. The van der Waals surface area contributed by atoms with E-state index in [-0.39, 0.29) is 0 Å². The van der Waals surface area contributed by atoms with Crippen LogP contribution in [0.2, 0.25) is 0 Å². The first-order valence-electron chi connectivity index (χ1n) is 12.5. The number of aryl methyl sites for hydroxylation is 1. The maximum atomic E-state index is 6.44. The van der Waals surface area contributed by atoms with Crippen molar-refractivity contribution in [1.82, 2.24) is 19.4 Å². The topological polar surface area (TPSA) is 33.5 Å². The normalized spacial score (nSPS) is 14.8. The molecule has 0 saturated carbocycles. The van der Waals surface area contributed by atoms with Gasteiger partial charge in [-0.05, 0) is 61.5 Å². The van der Waals surface area contributed by atoms with Crippen molar-refractivity contribution in [2.24, 2.45) is 0 Å². The van der Waals surface area contributed by atoms with Crippen molar-refractivity contribution in [2.45, 2.75) is 6.92 Å². The predicted octanol–water partition coefficient (Wildman–Crippen LogP) is 7.24. The third kappa shape index (κ3) is 3.59. The molecule has 0 atom stereocenters. The summed E-state index contributed by atoms with van der Waals surface area (Å²) < 4.78 is 8.65. The number of benzene rings is 3. The molecule has 5 nitrogen and oxygen atoms in total. The molecule has 4 heterocycles.